The minimum absolute atomic E-state index is 0.441. The van der Waals surface area contributed by atoms with Crippen molar-refractivity contribution in [2.75, 3.05) is 13.6 Å². The Bertz CT molecular complexity index is 517. The van der Waals surface area contributed by atoms with E-state index in [0.29, 0.717) is 0 Å². The Morgan fingerprint density at radius 3 is 2.61 bits per heavy atom. The van der Waals surface area contributed by atoms with Gasteiger partial charge < -0.3 is 10.0 Å². The standard InChI is InChI=1S/C10H9FN2O5/c1-12(5-9(14)15)10(16)7-4-6(13(17)18)2-3-8(7)11/h2-4H,5H2,1H3,(H,14,15). The van der Waals surface area contributed by atoms with Crippen LogP contribution < -0.4 is 0 Å². The average Bonchev–Trinajstić information content (AvgIpc) is 2.27. The number of carboxylic acids is 1. The van der Waals surface area contributed by atoms with Crippen LogP contribution in [0.3, 0.4) is 0 Å². The number of halogens is 1. The van der Waals surface area contributed by atoms with Gasteiger partial charge in [0.2, 0.25) is 0 Å². The van der Waals surface area contributed by atoms with Gasteiger partial charge in [0, 0.05) is 19.2 Å². The quantitative estimate of drug-likeness (QED) is 0.636. The van der Waals surface area contributed by atoms with Crippen molar-refractivity contribution >= 4 is 17.6 Å². The van der Waals surface area contributed by atoms with Crippen LogP contribution in [0.15, 0.2) is 18.2 Å². The van der Waals surface area contributed by atoms with Gasteiger partial charge in [-0.25, -0.2) is 4.39 Å². The lowest BCUT2D eigenvalue weighted by Gasteiger charge is -2.14. The first-order chi connectivity index (χ1) is 8.32. The zero-order chi connectivity index (χ0) is 13.9. The Balaban J connectivity index is 3.08. The molecule has 0 atom stereocenters. The smallest absolute Gasteiger partial charge is 0.323 e. The molecule has 1 amide bonds. The van der Waals surface area contributed by atoms with Gasteiger partial charge in [-0.3, -0.25) is 19.7 Å². The van der Waals surface area contributed by atoms with E-state index in [-0.39, 0.29) is 0 Å². The number of nitro groups is 1. The molecule has 0 bridgehead atoms. The molecular formula is C10H9FN2O5. The van der Waals surface area contributed by atoms with Gasteiger partial charge in [0.15, 0.2) is 0 Å². The number of amides is 1. The Hall–Kier alpha value is -2.51. The highest BCUT2D eigenvalue weighted by Gasteiger charge is 2.21. The summed E-state index contributed by atoms with van der Waals surface area (Å²) in [6, 6.07) is 2.49. The molecule has 0 radical (unpaired) electrons. The van der Waals surface area contributed by atoms with Crippen LogP contribution >= 0.6 is 0 Å². The summed E-state index contributed by atoms with van der Waals surface area (Å²) in [4.78, 5) is 32.6. The molecule has 96 valence electrons. The maximum atomic E-state index is 13.4. The van der Waals surface area contributed by atoms with Crippen molar-refractivity contribution in [1.82, 2.24) is 4.90 Å². The fourth-order valence-corrected chi connectivity index (χ4v) is 1.27. The molecule has 18 heavy (non-hydrogen) atoms. The third-order valence-electron chi connectivity index (χ3n) is 2.11. The summed E-state index contributed by atoms with van der Waals surface area (Å²) in [7, 11) is 1.16. The predicted octanol–water partition coefficient (Wildman–Crippen LogP) is 0.891. The number of carboxylic acid groups (broad SMARTS) is 1. The van der Waals surface area contributed by atoms with E-state index in [0.717, 1.165) is 30.1 Å². The number of aliphatic carboxylic acids is 1. The lowest BCUT2D eigenvalue weighted by molar-refractivity contribution is -0.384. The number of hydrogen-bond donors (Lipinski definition) is 1. The van der Waals surface area contributed by atoms with Gasteiger partial charge in [0.25, 0.3) is 11.6 Å². The average molecular weight is 256 g/mol. The number of likely N-dealkylation sites (N-methyl/N-ethyl adjacent to an activating group) is 1. The normalized spacial score (nSPS) is 9.89. The van der Waals surface area contributed by atoms with Crippen LogP contribution in [0.1, 0.15) is 10.4 Å². The lowest BCUT2D eigenvalue weighted by Crippen LogP contribution is -2.32. The summed E-state index contributed by atoms with van der Waals surface area (Å²) in [5.41, 5.74) is -0.976. The molecule has 7 nitrogen and oxygen atoms in total. The van der Waals surface area contributed by atoms with Crippen molar-refractivity contribution < 1.29 is 24.0 Å². The number of rotatable bonds is 4. The van der Waals surface area contributed by atoms with Crippen molar-refractivity contribution in [3.8, 4) is 0 Å². The summed E-state index contributed by atoms with van der Waals surface area (Å²) < 4.78 is 13.4. The number of nitrogens with zero attached hydrogens (tertiary/aromatic N) is 2. The van der Waals surface area contributed by atoms with E-state index in [2.05, 4.69) is 0 Å². The molecule has 1 aromatic rings. The third kappa shape index (κ3) is 3.00. The number of non-ortho nitro benzene ring substituents is 1. The zero-order valence-electron chi connectivity index (χ0n) is 9.29. The molecule has 0 saturated carbocycles. The van der Waals surface area contributed by atoms with E-state index in [9.17, 15) is 24.1 Å². The zero-order valence-corrected chi connectivity index (χ0v) is 9.29. The topological polar surface area (TPSA) is 101 Å². The fourth-order valence-electron chi connectivity index (χ4n) is 1.27. The Labute approximate surface area is 101 Å². The molecule has 0 saturated heterocycles. The van der Waals surface area contributed by atoms with Gasteiger partial charge in [0.05, 0.1) is 10.5 Å². The van der Waals surface area contributed by atoms with Gasteiger partial charge in [-0.1, -0.05) is 0 Å². The molecule has 0 heterocycles. The maximum Gasteiger partial charge on any atom is 0.323 e. The molecule has 8 heteroatoms. The molecule has 0 aliphatic carbocycles. The molecule has 1 rings (SSSR count). The maximum absolute atomic E-state index is 13.4. The third-order valence-corrected chi connectivity index (χ3v) is 2.11. The molecule has 0 spiro atoms. The highest BCUT2D eigenvalue weighted by molar-refractivity contribution is 5.96. The van der Waals surface area contributed by atoms with Crippen molar-refractivity contribution in [1.29, 1.82) is 0 Å². The number of hydrogen-bond acceptors (Lipinski definition) is 4. The van der Waals surface area contributed by atoms with E-state index in [1.54, 1.807) is 0 Å². The first kappa shape index (κ1) is 13.6. The Morgan fingerprint density at radius 2 is 2.11 bits per heavy atom. The molecule has 0 fully saturated rings. The number of carbonyl (C=O) groups is 2. The van der Waals surface area contributed by atoms with Crippen molar-refractivity contribution in [3.63, 3.8) is 0 Å². The summed E-state index contributed by atoms with van der Waals surface area (Å²) in [5, 5.41) is 19.0. The second-order valence-corrected chi connectivity index (χ2v) is 3.48. The van der Waals surface area contributed by atoms with Gasteiger partial charge in [-0.15, -0.1) is 0 Å². The Kier molecular flexibility index (Phi) is 3.93. The van der Waals surface area contributed by atoms with Crippen molar-refractivity contribution in [2.24, 2.45) is 0 Å². The minimum Gasteiger partial charge on any atom is -0.480 e. The van der Waals surface area contributed by atoms with Crippen molar-refractivity contribution in [3.05, 3.63) is 39.7 Å². The van der Waals surface area contributed by atoms with Crippen molar-refractivity contribution in [2.45, 2.75) is 0 Å². The van der Waals surface area contributed by atoms with Crippen LogP contribution in [0.4, 0.5) is 10.1 Å². The minimum atomic E-state index is -1.27. The van der Waals surface area contributed by atoms with E-state index in [1.807, 2.05) is 0 Å². The molecule has 0 unspecified atom stereocenters. The van der Waals surface area contributed by atoms with E-state index >= 15 is 0 Å². The highest BCUT2D eigenvalue weighted by Crippen LogP contribution is 2.18. The van der Waals surface area contributed by atoms with Crippen LogP contribution in [0.5, 0.6) is 0 Å². The first-order valence-corrected chi connectivity index (χ1v) is 4.74. The molecule has 1 N–H and O–H groups in total. The van der Waals surface area contributed by atoms with E-state index in [4.69, 9.17) is 5.11 Å². The van der Waals surface area contributed by atoms with Gasteiger partial charge >= 0.3 is 5.97 Å². The fraction of sp³-hybridized carbons (Fsp3) is 0.200. The van der Waals surface area contributed by atoms with Gasteiger partial charge in [-0.05, 0) is 6.07 Å². The largest absolute Gasteiger partial charge is 0.480 e. The molecule has 0 aliphatic heterocycles. The second-order valence-electron chi connectivity index (χ2n) is 3.48. The summed E-state index contributed by atoms with van der Waals surface area (Å²) in [6.07, 6.45) is 0. The Morgan fingerprint density at radius 1 is 1.50 bits per heavy atom. The SMILES string of the molecule is CN(CC(=O)O)C(=O)c1cc([N+](=O)[O-])ccc1F. The number of carbonyl (C=O) groups excluding carboxylic acids is 1. The van der Waals surface area contributed by atoms with Crippen LogP contribution in [-0.2, 0) is 4.79 Å². The molecule has 0 aliphatic rings. The summed E-state index contributed by atoms with van der Waals surface area (Å²) in [5.74, 6) is -3.14. The number of benzene rings is 1. The van der Waals surface area contributed by atoms with Crippen LogP contribution in [0.2, 0.25) is 0 Å². The number of nitro benzene ring substituents is 1. The lowest BCUT2D eigenvalue weighted by atomic mass is 10.1. The van der Waals surface area contributed by atoms with Crippen LogP contribution in [-0.4, -0.2) is 40.4 Å². The molecule has 1 aromatic carbocycles. The second kappa shape index (κ2) is 5.21. The molecular weight excluding hydrogens is 247 g/mol. The van der Waals surface area contributed by atoms with E-state index in [1.165, 1.54) is 0 Å². The molecule has 0 aromatic heterocycles. The summed E-state index contributed by atoms with van der Waals surface area (Å²) in [6.45, 7) is -0.624. The van der Waals surface area contributed by atoms with Crippen LogP contribution in [0.25, 0.3) is 0 Å². The van der Waals surface area contributed by atoms with Gasteiger partial charge in [0.1, 0.15) is 12.4 Å². The monoisotopic (exact) mass is 256 g/mol. The first-order valence-electron chi connectivity index (χ1n) is 4.74. The highest BCUT2D eigenvalue weighted by atomic mass is 19.1. The summed E-state index contributed by atoms with van der Waals surface area (Å²) >= 11 is 0. The van der Waals surface area contributed by atoms with Crippen LogP contribution in [0, 0.1) is 15.9 Å². The van der Waals surface area contributed by atoms with Gasteiger partial charge in [-0.2, -0.15) is 0 Å². The van der Waals surface area contributed by atoms with E-state index < -0.39 is 40.4 Å². The predicted molar refractivity (Wildman–Crippen MR) is 57.7 cm³/mol.